The van der Waals surface area contributed by atoms with E-state index in [9.17, 15) is 13.0 Å². The van der Waals surface area contributed by atoms with Gasteiger partial charge >= 0.3 is 0 Å². The normalized spacial score (nSPS) is 23.8. The molecular weight excluding hydrogens is 244 g/mol. The van der Waals surface area contributed by atoms with Crippen molar-refractivity contribution in [2.45, 2.75) is 37.2 Å². The number of benzene rings is 1. The van der Waals surface area contributed by atoms with Crippen molar-refractivity contribution >= 4 is 10.8 Å². The molecule has 0 saturated heterocycles. The molecule has 0 fully saturated rings. The fourth-order valence-corrected chi connectivity index (χ4v) is 3.45. The van der Waals surface area contributed by atoms with Crippen LogP contribution in [0.5, 0.6) is 0 Å². The van der Waals surface area contributed by atoms with Crippen LogP contribution in [0.2, 0.25) is 0 Å². The van der Waals surface area contributed by atoms with Gasteiger partial charge in [0.15, 0.2) is 11.6 Å². The summed E-state index contributed by atoms with van der Waals surface area (Å²) in [5.41, 5.74) is 0.627. The maximum atomic E-state index is 13.2. The molecule has 2 unspecified atom stereocenters. The lowest BCUT2D eigenvalue weighted by molar-refractivity contribution is 0.445. The Morgan fingerprint density at radius 3 is 2.65 bits per heavy atom. The van der Waals surface area contributed by atoms with Gasteiger partial charge in [0.1, 0.15) is 0 Å². The topological polar surface area (TPSA) is 29.1 Å². The predicted octanol–water partition coefficient (Wildman–Crippen LogP) is 2.52. The van der Waals surface area contributed by atoms with Crippen LogP contribution in [0.3, 0.4) is 0 Å². The third-order valence-electron chi connectivity index (χ3n) is 2.80. The Morgan fingerprint density at radius 1 is 1.35 bits per heavy atom. The Kier molecular flexibility index (Phi) is 3.58. The fourth-order valence-electron chi connectivity index (χ4n) is 2.08. The third-order valence-corrected chi connectivity index (χ3v) is 4.25. The highest BCUT2D eigenvalue weighted by Gasteiger charge is 2.27. The smallest absolute Gasteiger partial charge is 0.160 e. The van der Waals surface area contributed by atoms with E-state index in [1.54, 1.807) is 0 Å². The molecule has 1 N–H and O–H groups in total. The van der Waals surface area contributed by atoms with E-state index in [2.05, 4.69) is 5.32 Å². The van der Waals surface area contributed by atoms with Crippen molar-refractivity contribution in [1.29, 1.82) is 0 Å². The second-order valence-electron chi connectivity index (χ2n) is 4.52. The van der Waals surface area contributed by atoms with Gasteiger partial charge in [-0.15, -0.1) is 0 Å². The summed E-state index contributed by atoms with van der Waals surface area (Å²) in [6.07, 6.45) is 0.683. The molecule has 1 aromatic rings. The molecule has 0 aliphatic carbocycles. The zero-order valence-corrected chi connectivity index (χ0v) is 10.6. The van der Waals surface area contributed by atoms with E-state index in [-0.39, 0.29) is 12.1 Å². The van der Waals surface area contributed by atoms with E-state index in [0.717, 1.165) is 6.07 Å². The van der Waals surface area contributed by atoms with E-state index >= 15 is 0 Å². The van der Waals surface area contributed by atoms with E-state index in [1.165, 1.54) is 6.07 Å². The van der Waals surface area contributed by atoms with Crippen LogP contribution in [0, 0.1) is 11.6 Å². The van der Waals surface area contributed by atoms with Gasteiger partial charge in [-0.2, -0.15) is 0 Å². The molecule has 1 aliphatic rings. The minimum atomic E-state index is -1.22. The van der Waals surface area contributed by atoms with Crippen LogP contribution < -0.4 is 5.32 Å². The summed E-state index contributed by atoms with van der Waals surface area (Å²) in [7, 11) is -1.22. The van der Waals surface area contributed by atoms with Crippen LogP contribution in [0.4, 0.5) is 8.78 Å². The molecule has 0 aromatic heterocycles. The molecule has 2 nitrogen and oxygen atoms in total. The largest absolute Gasteiger partial charge is 0.308 e. The maximum Gasteiger partial charge on any atom is 0.160 e. The summed E-state index contributed by atoms with van der Waals surface area (Å²) in [6, 6.07) is 2.43. The molecule has 5 heteroatoms. The molecule has 0 bridgehead atoms. The standard InChI is InChI=1S/C12H15F2NOS/c1-7(2)15-11-3-4-17(16)12-6-10(14)9(13)5-8(11)12/h5-7,11,15H,3-4H2,1-2H3. The molecule has 0 saturated carbocycles. The van der Waals surface area contributed by atoms with Crippen molar-refractivity contribution in [2.75, 3.05) is 5.75 Å². The van der Waals surface area contributed by atoms with Gasteiger partial charge in [0.25, 0.3) is 0 Å². The van der Waals surface area contributed by atoms with Gasteiger partial charge in [-0.1, -0.05) is 13.8 Å². The first kappa shape index (κ1) is 12.6. The summed E-state index contributed by atoms with van der Waals surface area (Å²) in [6.45, 7) is 3.98. The number of hydrogen-bond donors (Lipinski definition) is 1. The van der Waals surface area contributed by atoms with Crippen molar-refractivity contribution in [3.63, 3.8) is 0 Å². The number of hydrogen-bond acceptors (Lipinski definition) is 2. The number of halogens is 2. The molecule has 1 aliphatic heterocycles. The van der Waals surface area contributed by atoms with Crippen molar-refractivity contribution < 1.29 is 13.0 Å². The molecule has 0 radical (unpaired) electrons. The van der Waals surface area contributed by atoms with E-state index in [1.807, 2.05) is 13.8 Å². The quantitative estimate of drug-likeness (QED) is 0.884. The Hall–Kier alpha value is -0.810. The Bertz CT molecular complexity index is 462. The van der Waals surface area contributed by atoms with Crippen LogP contribution in [0.15, 0.2) is 17.0 Å². The molecule has 0 amide bonds. The summed E-state index contributed by atoms with van der Waals surface area (Å²) in [5.74, 6) is -1.32. The van der Waals surface area contributed by atoms with Gasteiger partial charge in [0, 0.05) is 22.7 Å². The predicted molar refractivity (Wildman–Crippen MR) is 63.3 cm³/mol. The lowest BCUT2D eigenvalue weighted by atomic mass is 10.0. The van der Waals surface area contributed by atoms with Crippen LogP contribution in [-0.4, -0.2) is 16.0 Å². The Labute approximate surface area is 102 Å². The van der Waals surface area contributed by atoms with Crippen LogP contribution in [0.1, 0.15) is 31.9 Å². The Morgan fingerprint density at radius 2 is 2.00 bits per heavy atom. The molecule has 0 spiro atoms. The fraction of sp³-hybridized carbons (Fsp3) is 0.500. The van der Waals surface area contributed by atoms with Gasteiger partial charge < -0.3 is 5.32 Å². The Balaban J connectivity index is 2.44. The highest BCUT2D eigenvalue weighted by atomic mass is 32.2. The zero-order chi connectivity index (χ0) is 12.6. The number of rotatable bonds is 2. The lowest BCUT2D eigenvalue weighted by Crippen LogP contribution is -2.32. The highest BCUT2D eigenvalue weighted by Crippen LogP contribution is 2.31. The summed E-state index contributed by atoms with van der Waals surface area (Å²) in [4.78, 5) is 0.424. The second-order valence-corrected chi connectivity index (χ2v) is 6.06. The molecule has 2 rings (SSSR count). The van der Waals surface area contributed by atoms with Crippen molar-refractivity contribution in [3.8, 4) is 0 Å². The first-order chi connectivity index (χ1) is 7.99. The van der Waals surface area contributed by atoms with E-state index < -0.39 is 22.4 Å². The summed E-state index contributed by atoms with van der Waals surface area (Å²) in [5, 5.41) is 3.28. The average molecular weight is 259 g/mol. The second kappa shape index (κ2) is 4.82. The number of fused-ring (bicyclic) bond motifs is 1. The molecule has 1 aromatic carbocycles. The molecule has 2 atom stereocenters. The van der Waals surface area contributed by atoms with Gasteiger partial charge in [-0.3, -0.25) is 4.21 Å². The average Bonchev–Trinajstić information content (AvgIpc) is 2.25. The molecule has 94 valence electrons. The minimum absolute atomic E-state index is 0.0437. The van der Waals surface area contributed by atoms with Crippen LogP contribution in [-0.2, 0) is 10.8 Å². The zero-order valence-electron chi connectivity index (χ0n) is 9.80. The van der Waals surface area contributed by atoms with E-state index in [4.69, 9.17) is 0 Å². The van der Waals surface area contributed by atoms with Gasteiger partial charge in [-0.25, -0.2) is 8.78 Å². The van der Waals surface area contributed by atoms with Crippen LogP contribution in [0.25, 0.3) is 0 Å². The third kappa shape index (κ3) is 2.55. The summed E-state index contributed by atoms with van der Waals surface area (Å²) >= 11 is 0. The summed E-state index contributed by atoms with van der Waals surface area (Å²) < 4.78 is 38.2. The molecule has 17 heavy (non-hydrogen) atoms. The van der Waals surface area contributed by atoms with Gasteiger partial charge in [-0.05, 0) is 24.1 Å². The first-order valence-corrected chi connectivity index (χ1v) is 6.94. The number of nitrogens with one attached hydrogen (secondary N) is 1. The van der Waals surface area contributed by atoms with Crippen LogP contribution >= 0.6 is 0 Å². The van der Waals surface area contributed by atoms with E-state index in [0.29, 0.717) is 22.6 Å². The van der Waals surface area contributed by atoms with Crippen molar-refractivity contribution in [2.24, 2.45) is 0 Å². The monoisotopic (exact) mass is 259 g/mol. The minimum Gasteiger partial charge on any atom is -0.308 e. The van der Waals surface area contributed by atoms with Crippen molar-refractivity contribution in [1.82, 2.24) is 5.32 Å². The molecular formula is C12H15F2NOS. The van der Waals surface area contributed by atoms with Gasteiger partial charge in [0.05, 0.1) is 10.8 Å². The maximum absolute atomic E-state index is 13.2. The first-order valence-electron chi connectivity index (χ1n) is 5.62. The van der Waals surface area contributed by atoms with Gasteiger partial charge in [0.2, 0.25) is 0 Å². The lowest BCUT2D eigenvalue weighted by Gasteiger charge is -2.27. The van der Waals surface area contributed by atoms with Crippen molar-refractivity contribution in [3.05, 3.63) is 29.3 Å². The highest BCUT2D eigenvalue weighted by molar-refractivity contribution is 7.85. The molecule has 1 heterocycles. The SMILES string of the molecule is CC(C)NC1CCS(=O)c2cc(F)c(F)cc21.